The molecule has 0 amide bonds. The van der Waals surface area contributed by atoms with Gasteiger partial charge in [-0.3, -0.25) is 4.57 Å². The highest BCUT2D eigenvalue weighted by atomic mass is 15.2. The van der Waals surface area contributed by atoms with Gasteiger partial charge in [0.05, 0.1) is 11.2 Å². The Balaban J connectivity index is 1.56. The molecule has 0 spiro atoms. The van der Waals surface area contributed by atoms with Gasteiger partial charge in [-0.25, -0.2) is 4.98 Å². The van der Waals surface area contributed by atoms with Gasteiger partial charge in [0.25, 0.3) is 0 Å². The Labute approximate surface area is 158 Å². The Morgan fingerprint density at radius 2 is 1.81 bits per heavy atom. The van der Waals surface area contributed by atoms with Crippen LogP contribution in [0.4, 0.5) is 5.82 Å². The molecular formula is C22H21N5. The summed E-state index contributed by atoms with van der Waals surface area (Å²) in [4.78, 5) is 9.79. The third-order valence-electron chi connectivity index (χ3n) is 5.04. The Morgan fingerprint density at radius 1 is 0.963 bits per heavy atom. The molecule has 5 nitrogen and oxygen atoms in total. The van der Waals surface area contributed by atoms with Crippen LogP contribution in [-0.2, 0) is 19.5 Å². The molecule has 4 aromatic rings. The lowest BCUT2D eigenvalue weighted by molar-refractivity contribution is 0.624. The van der Waals surface area contributed by atoms with E-state index in [1.807, 2.05) is 6.07 Å². The standard InChI is InChI=1S/C22H21N5/c1-2-6-16(7-3-1)14-24-21-18-15-23-12-10-19(18)25-22(26-21)27-13-11-17-8-4-5-9-20(17)27/h1-9,11,13,23H,10,12,14-15H2,(H,24,25,26). The molecule has 5 heteroatoms. The van der Waals surface area contributed by atoms with Gasteiger partial charge in [-0.2, -0.15) is 4.98 Å². The molecule has 0 aliphatic carbocycles. The minimum atomic E-state index is 0.729. The van der Waals surface area contributed by atoms with Crippen LogP contribution in [0.25, 0.3) is 16.9 Å². The zero-order valence-electron chi connectivity index (χ0n) is 15.0. The van der Waals surface area contributed by atoms with Crippen molar-refractivity contribution in [2.24, 2.45) is 0 Å². The topological polar surface area (TPSA) is 54.8 Å². The smallest absolute Gasteiger partial charge is 0.236 e. The van der Waals surface area contributed by atoms with E-state index in [4.69, 9.17) is 9.97 Å². The van der Waals surface area contributed by atoms with Crippen LogP contribution in [0.15, 0.2) is 66.9 Å². The lowest BCUT2D eigenvalue weighted by atomic mass is 10.1. The summed E-state index contributed by atoms with van der Waals surface area (Å²) >= 11 is 0. The van der Waals surface area contributed by atoms with Gasteiger partial charge in [-0.1, -0.05) is 48.5 Å². The second kappa shape index (κ2) is 6.85. The number of rotatable bonds is 4. The highest BCUT2D eigenvalue weighted by Gasteiger charge is 2.18. The van der Waals surface area contributed by atoms with Gasteiger partial charge in [0.2, 0.25) is 5.95 Å². The second-order valence-corrected chi connectivity index (χ2v) is 6.81. The van der Waals surface area contributed by atoms with Crippen LogP contribution in [-0.4, -0.2) is 21.1 Å². The van der Waals surface area contributed by atoms with Gasteiger partial charge in [0.1, 0.15) is 5.82 Å². The summed E-state index contributed by atoms with van der Waals surface area (Å²) in [5, 5.41) is 8.17. The first-order valence-corrected chi connectivity index (χ1v) is 9.33. The van der Waals surface area contributed by atoms with Crippen molar-refractivity contribution in [2.45, 2.75) is 19.5 Å². The third-order valence-corrected chi connectivity index (χ3v) is 5.04. The van der Waals surface area contributed by atoms with Gasteiger partial charge in [-0.15, -0.1) is 0 Å². The lowest BCUT2D eigenvalue weighted by Crippen LogP contribution is -2.27. The Kier molecular flexibility index (Phi) is 4.07. The normalized spacial score (nSPS) is 13.5. The molecule has 0 saturated carbocycles. The highest BCUT2D eigenvalue weighted by molar-refractivity contribution is 5.81. The first-order valence-electron chi connectivity index (χ1n) is 9.33. The number of benzene rings is 2. The number of fused-ring (bicyclic) bond motifs is 2. The van der Waals surface area contributed by atoms with E-state index in [0.29, 0.717) is 0 Å². The van der Waals surface area contributed by atoms with Crippen LogP contribution in [0.3, 0.4) is 0 Å². The molecule has 2 aromatic carbocycles. The van der Waals surface area contributed by atoms with Gasteiger partial charge < -0.3 is 10.6 Å². The van der Waals surface area contributed by atoms with Crippen molar-refractivity contribution in [3.8, 4) is 5.95 Å². The van der Waals surface area contributed by atoms with Gasteiger partial charge in [-0.05, 0) is 17.7 Å². The molecule has 0 bridgehead atoms. The van der Waals surface area contributed by atoms with Crippen LogP contribution in [0.5, 0.6) is 0 Å². The monoisotopic (exact) mass is 355 g/mol. The third kappa shape index (κ3) is 3.06. The van der Waals surface area contributed by atoms with Crippen LogP contribution < -0.4 is 10.6 Å². The molecule has 0 atom stereocenters. The molecule has 0 radical (unpaired) electrons. The molecule has 0 fully saturated rings. The molecule has 5 rings (SSSR count). The number of hydrogen-bond acceptors (Lipinski definition) is 4. The molecule has 0 saturated heterocycles. The predicted molar refractivity (Wildman–Crippen MR) is 108 cm³/mol. The fraction of sp³-hybridized carbons (Fsp3) is 0.182. The molecule has 134 valence electrons. The molecule has 3 heterocycles. The van der Waals surface area contributed by atoms with Crippen molar-refractivity contribution >= 4 is 16.7 Å². The van der Waals surface area contributed by atoms with Crippen molar-refractivity contribution in [1.82, 2.24) is 19.9 Å². The Morgan fingerprint density at radius 3 is 2.74 bits per heavy atom. The molecule has 0 unspecified atom stereocenters. The SMILES string of the molecule is c1ccc(CNc2nc(-n3ccc4ccccc43)nc3c2CNCC3)cc1. The van der Waals surface area contributed by atoms with Crippen molar-refractivity contribution in [3.05, 3.63) is 83.7 Å². The summed E-state index contributed by atoms with van der Waals surface area (Å²) in [5.41, 5.74) is 4.67. The molecular weight excluding hydrogens is 334 g/mol. The molecule has 1 aliphatic heterocycles. The maximum atomic E-state index is 4.89. The van der Waals surface area contributed by atoms with E-state index in [-0.39, 0.29) is 0 Å². The first-order chi connectivity index (χ1) is 13.4. The van der Waals surface area contributed by atoms with Gasteiger partial charge in [0, 0.05) is 43.2 Å². The fourth-order valence-corrected chi connectivity index (χ4v) is 3.62. The van der Waals surface area contributed by atoms with Crippen LogP contribution in [0, 0.1) is 0 Å². The van der Waals surface area contributed by atoms with E-state index in [1.54, 1.807) is 0 Å². The second-order valence-electron chi connectivity index (χ2n) is 6.81. The molecule has 2 N–H and O–H groups in total. The van der Waals surface area contributed by atoms with Gasteiger partial charge in [0.15, 0.2) is 0 Å². The van der Waals surface area contributed by atoms with E-state index in [2.05, 4.69) is 76.0 Å². The summed E-state index contributed by atoms with van der Waals surface area (Å²) in [7, 11) is 0. The Hall–Kier alpha value is -3.18. The van der Waals surface area contributed by atoms with E-state index in [0.717, 1.165) is 49.0 Å². The number of para-hydroxylation sites is 1. The quantitative estimate of drug-likeness (QED) is 0.586. The highest BCUT2D eigenvalue weighted by Crippen LogP contribution is 2.24. The van der Waals surface area contributed by atoms with Crippen LogP contribution >= 0.6 is 0 Å². The van der Waals surface area contributed by atoms with Gasteiger partial charge >= 0.3 is 0 Å². The maximum absolute atomic E-state index is 4.89. The van der Waals surface area contributed by atoms with Crippen molar-refractivity contribution in [2.75, 3.05) is 11.9 Å². The fourth-order valence-electron chi connectivity index (χ4n) is 3.62. The average Bonchev–Trinajstić information content (AvgIpc) is 3.17. The number of hydrogen-bond donors (Lipinski definition) is 2. The summed E-state index contributed by atoms with van der Waals surface area (Å²) < 4.78 is 2.07. The zero-order valence-corrected chi connectivity index (χ0v) is 15.0. The zero-order chi connectivity index (χ0) is 18.1. The minimum Gasteiger partial charge on any atom is -0.366 e. The number of nitrogens with zero attached hydrogens (tertiary/aromatic N) is 3. The number of anilines is 1. The lowest BCUT2D eigenvalue weighted by Gasteiger charge is -2.21. The summed E-state index contributed by atoms with van der Waals surface area (Å²) in [5.74, 6) is 1.65. The molecule has 1 aliphatic rings. The van der Waals surface area contributed by atoms with E-state index in [9.17, 15) is 0 Å². The average molecular weight is 355 g/mol. The van der Waals surface area contributed by atoms with E-state index < -0.39 is 0 Å². The summed E-state index contributed by atoms with van der Waals surface area (Å²) in [6.45, 7) is 2.50. The molecule has 27 heavy (non-hydrogen) atoms. The first kappa shape index (κ1) is 16.0. The maximum Gasteiger partial charge on any atom is 0.236 e. The molecule has 2 aromatic heterocycles. The van der Waals surface area contributed by atoms with Crippen molar-refractivity contribution in [3.63, 3.8) is 0 Å². The number of nitrogens with one attached hydrogen (secondary N) is 2. The minimum absolute atomic E-state index is 0.729. The summed E-state index contributed by atoms with van der Waals surface area (Å²) in [6.07, 6.45) is 2.97. The van der Waals surface area contributed by atoms with E-state index >= 15 is 0 Å². The Bertz CT molecular complexity index is 1080. The predicted octanol–water partition coefficient (Wildman–Crippen LogP) is 3.68. The van der Waals surface area contributed by atoms with Crippen LogP contribution in [0.2, 0.25) is 0 Å². The van der Waals surface area contributed by atoms with E-state index in [1.165, 1.54) is 16.5 Å². The van der Waals surface area contributed by atoms with Crippen molar-refractivity contribution < 1.29 is 0 Å². The summed E-state index contributed by atoms with van der Waals surface area (Å²) in [6, 6.07) is 20.8. The van der Waals surface area contributed by atoms with Crippen LogP contribution in [0.1, 0.15) is 16.8 Å². The van der Waals surface area contributed by atoms with Crippen molar-refractivity contribution in [1.29, 1.82) is 0 Å². The number of aromatic nitrogens is 3. The largest absolute Gasteiger partial charge is 0.366 e.